The van der Waals surface area contributed by atoms with Crippen molar-refractivity contribution >= 4 is 12.2 Å². The summed E-state index contributed by atoms with van der Waals surface area (Å²) in [5, 5.41) is 0. The number of hydrogen-bond acceptors (Lipinski definition) is 3. The highest BCUT2D eigenvalue weighted by atomic mass is 19.4. The largest absolute Gasteiger partial charge is 0.464 e. The van der Waals surface area contributed by atoms with E-state index in [1.54, 1.807) is 0 Å². The van der Waals surface area contributed by atoms with Crippen molar-refractivity contribution in [2.45, 2.75) is 12.6 Å². The van der Waals surface area contributed by atoms with Crippen LogP contribution in [-0.4, -0.2) is 25.5 Å². The van der Waals surface area contributed by atoms with Gasteiger partial charge in [-0.3, -0.25) is 4.99 Å². The molecule has 1 heterocycles. The number of carbonyl (C=O) groups excluding carboxylic acids is 1. The fraction of sp³-hybridized carbons (Fsp3) is 0.500. The Hall–Kier alpha value is -1.33. The molecular weight excluding hydrogens is 199 g/mol. The average Bonchev–Trinajstić information content (AvgIpc) is 2.15. The second-order valence-corrected chi connectivity index (χ2v) is 2.74. The van der Waals surface area contributed by atoms with Crippen LogP contribution in [0.2, 0.25) is 0 Å². The Morgan fingerprint density at radius 1 is 1.64 bits per heavy atom. The van der Waals surface area contributed by atoms with Crippen molar-refractivity contribution in [2.75, 3.05) is 7.11 Å². The van der Waals surface area contributed by atoms with Crippen LogP contribution in [0.1, 0.15) is 6.42 Å². The summed E-state index contributed by atoms with van der Waals surface area (Å²) in [6.45, 7) is 0. The molecule has 0 bridgehead atoms. The van der Waals surface area contributed by atoms with Gasteiger partial charge in [0.1, 0.15) is 5.70 Å². The highest BCUT2D eigenvalue weighted by Gasteiger charge is 2.39. The van der Waals surface area contributed by atoms with Crippen molar-refractivity contribution in [3.8, 4) is 0 Å². The van der Waals surface area contributed by atoms with Crippen LogP contribution >= 0.6 is 0 Å². The standard InChI is InChI=1S/C8H8F3NO2/c1-14-7(13)6-3-2-5(4-12-6)8(9,10)11/h3-5H,2H2,1H3. The van der Waals surface area contributed by atoms with E-state index in [9.17, 15) is 18.0 Å². The molecule has 6 heteroatoms. The van der Waals surface area contributed by atoms with Crippen LogP contribution in [0.5, 0.6) is 0 Å². The molecule has 1 unspecified atom stereocenters. The van der Waals surface area contributed by atoms with Crippen LogP contribution in [0.3, 0.4) is 0 Å². The van der Waals surface area contributed by atoms with Crippen molar-refractivity contribution < 1.29 is 22.7 Å². The highest BCUT2D eigenvalue weighted by molar-refractivity contribution is 5.90. The molecule has 0 fully saturated rings. The maximum Gasteiger partial charge on any atom is 0.396 e. The number of alkyl halides is 3. The lowest BCUT2D eigenvalue weighted by atomic mass is 10.0. The van der Waals surface area contributed by atoms with E-state index in [2.05, 4.69) is 9.73 Å². The number of carbonyl (C=O) groups is 1. The van der Waals surface area contributed by atoms with Crippen LogP contribution < -0.4 is 0 Å². The number of ether oxygens (including phenoxy) is 1. The summed E-state index contributed by atoms with van der Waals surface area (Å²) < 4.78 is 40.7. The van der Waals surface area contributed by atoms with Crippen molar-refractivity contribution in [3.63, 3.8) is 0 Å². The first-order valence-electron chi connectivity index (χ1n) is 3.84. The molecule has 1 aliphatic heterocycles. The number of esters is 1. The van der Waals surface area contributed by atoms with E-state index in [0.29, 0.717) is 0 Å². The summed E-state index contributed by atoms with van der Waals surface area (Å²) in [5.41, 5.74) is -0.0759. The molecule has 0 spiro atoms. The first kappa shape index (κ1) is 10.7. The van der Waals surface area contributed by atoms with Gasteiger partial charge in [0, 0.05) is 6.21 Å². The van der Waals surface area contributed by atoms with Crippen molar-refractivity contribution in [2.24, 2.45) is 10.9 Å². The minimum Gasteiger partial charge on any atom is -0.464 e. The van der Waals surface area contributed by atoms with E-state index >= 15 is 0 Å². The van der Waals surface area contributed by atoms with Gasteiger partial charge in [-0.2, -0.15) is 13.2 Å². The third-order valence-corrected chi connectivity index (χ3v) is 1.77. The molecule has 3 nitrogen and oxygen atoms in total. The molecule has 1 aliphatic rings. The molecule has 14 heavy (non-hydrogen) atoms. The zero-order valence-electron chi connectivity index (χ0n) is 7.34. The molecule has 0 aliphatic carbocycles. The normalized spacial score (nSPS) is 21.7. The fourth-order valence-electron chi connectivity index (χ4n) is 0.981. The van der Waals surface area contributed by atoms with Gasteiger partial charge in [-0.15, -0.1) is 0 Å². The summed E-state index contributed by atoms with van der Waals surface area (Å²) in [6.07, 6.45) is -2.71. The van der Waals surface area contributed by atoms with Gasteiger partial charge >= 0.3 is 12.1 Å². The van der Waals surface area contributed by atoms with E-state index in [0.717, 1.165) is 19.4 Å². The Bertz CT molecular complexity index is 293. The summed E-state index contributed by atoms with van der Waals surface area (Å²) in [5.74, 6) is -2.32. The predicted octanol–water partition coefficient (Wildman–Crippen LogP) is 1.70. The van der Waals surface area contributed by atoms with Crippen molar-refractivity contribution in [1.82, 2.24) is 0 Å². The predicted molar refractivity (Wildman–Crippen MR) is 42.8 cm³/mol. The number of methoxy groups -OCH3 is 1. The van der Waals surface area contributed by atoms with Crippen LogP contribution in [0.25, 0.3) is 0 Å². The molecule has 0 amide bonds. The number of allylic oxidation sites excluding steroid dienone is 1. The molecule has 0 aromatic heterocycles. The first-order chi connectivity index (χ1) is 6.45. The van der Waals surface area contributed by atoms with E-state index in [1.807, 2.05) is 0 Å². The second kappa shape index (κ2) is 3.81. The van der Waals surface area contributed by atoms with Gasteiger partial charge in [-0.25, -0.2) is 4.79 Å². The van der Waals surface area contributed by atoms with Gasteiger partial charge < -0.3 is 4.74 Å². The first-order valence-corrected chi connectivity index (χ1v) is 3.84. The Morgan fingerprint density at radius 3 is 2.64 bits per heavy atom. The molecule has 78 valence electrons. The van der Waals surface area contributed by atoms with Crippen LogP contribution in [-0.2, 0) is 9.53 Å². The summed E-state index contributed by atoms with van der Waals surface area (Å²) >= 11 is 0. The average molecular weight is 207 g/mol. The highest BCUT2D eigenvalue weighted by Crippen LogP contribution is 2.30. The minimum absolute atomic E-state index is 0.0759. The summed E-state index contributed by atoms with van der Waals surface area (Å²) in [7, 11) is 1.15. The quantitative estimate of drug-likeness (QED) is 0.614. The molecule has 0 N–H and O–H groups in total. The monoisotopic (exact) mass is 207 g/mol. The summed E-state index contributed by atoms with van der Waals surface area (Å²) in [6, 6.07) is 0. The Morgan fingerprint density at radius 2 is 2.29 bits per heavy atom. The van der Waals surface area contributed by atoms with E-state index in [-0.39, 0.29) is 12.1 Å². The third kappa shape index (κ3) is 2.34. The maximum absolute atomic E-state index is 12.1. The number of rotatable bonds is 1. The lowest BCUT2D eigenvalue weighted by molar-refractivity contribution is -0.154. The molecule has 0 radical (unpaired) electrons. The molecular formula is C8H8F3NO2. The van der Waals surface area contributed by atoms with Gasteiger partial charge in [0.15, 0.2) is 0 Å². The van der Waals surface area contributed by atoms with Gasteiger partial charge in [-0.05, 0) is 6.42 Å². The van der Waals surface area contributed by atoms with Crippen LogP contribution in [0.4, 0.5) is 13.2 Å². The molecule has 0 aromatic rings. The fourth-order valence-corrected chi connectivity index (χ4v) is 0.981. The number of halogens is 3. The maximum atomic E-state index is 12.1. The third-order valence-electron chi connectivity index (χ3n) is 1.77. The number of nitrogens with zero attached hydrogens (tertiary/aromatic N) is 1. The Balaban J connectivity index is 2.67. The van der Waals surface area contributed by atoms with Gasteiger partial charge in [0.25, 0.3) is 0 Å². The molecule has 1 atom stereocenters. The zero-order valence-corrected chi connectivity index (χ0v) is 7.34. The number of aliphatic imine (C=N–C) groups is 1. The van der Waals surface area contributed by atoms with E-state index < -0.39 is 18.1 Å². The Kier molecular flexibility index (Phi) is 2.93. The van der Waals surface area contributed by atoms with Crippen LogP contribution in [0, 0.1) is 5.92 Å². The lowest BCUT2D eigenvalue weighted by Crippen LogP contribution is -2.26. The van der Waals surface area contributed by atoms with E-state index in [4.69, 9.17) is 0 Å². The minimum atomic E-state index is -4.30. The molecule has 0 saturated carbocycles. The second-order valence-electron chi connectivity index (χ2n) is 2.74. The SMILES string of the molecule is COC(=O)C1=CCC(C(F)(F)F)C=N1. The molecule has 0 aromatic carbocycles. The van der Waals surface area contributed by atoms with Gasteiger partial charge in [0.2, 0.25) is 0 Å². The van der Waals surface area contributed by atoms with Gasteiger partial charge in [0.05, 0.1) is 13.0 Å². The topological polar surface area (TPSA) is 38.7 Å². The van der Waals surface area contributed by atoms with Crippen molar-refractivity contribution in [1.29, 1.82) is 0 Å². The van der Waals surface area contributed by atoms with Crippen molar-refractivity contribution in [3.05, 3.63) is 11.8 Å². The van der Waals surface area contributed by atoms with Crippen LogP contribution in [0.15, 0.2) is 16.8 Å². The Labute approximate surface area is 78.3 Å². The number of hydrogen-bond donors (Lipinski definition) is 0. The molecule has 0 saturated heterocycles. The van der Waals surface area contributed by atoms with E-state index in [1.165, 1.54) is 0 Å². The smallest absolute Gasteiger partial charge is 0.396 e. The summed E-state index contributed by atoms with van der Waals surface area (Å²) in [4.78, 5) is 14.2. The van der Waals surface area contributed by atoms with Gasteiger partial charge in [-0.1, -0.05) is 6.08 Å². The molecule has 1 rings (SSSR count). The lowest BCUT2D eigenvalue weighted by Gasteiger charge is -2.17. The zero-order chi connectivity index (χ0) is 10.8.